The van der Waals surface area contributed by atoms with Gasteiger partial charge in [0.2, 0.25) is 0 Å². The van der Waals surface area contributed by atoms with Crippen LogP contribution in [-0.4, -0.2) is 28.8 Å². The molecule has 6 nitrogen and oxygen atoms in total. The summed E-state index contributed by atoms with van der Waals surface area (Å²) in [5.74, 6) is -0.838. The normalized spacial score (nSPS) is 16.6. The summed E-state index contributed by atoms with van der Waals surface area (Å²) in [6.45, 7) is 3.64. The van der Waals surface area contributed by atoms with Crippen LogP contribution in [0.25, 0.3) is 6.08 Å². The van der Waals surface area contributed by atoms with Gasteiger partial charge in [-0.15, -0.1) is 0 Å². The fourth-order valence-corrected chi connectivity index (χ4v) is 3.23. The van der Waals surface area contributed by atoms with Crippen LogP contribution in [0.1, 0.15) is 16.7 Å². The summed E-state index contributed by atoms with van der Waals surface area (Å²) in [4.78, 5) is 27.8. The molecule has 1 saturated heterocycles. The van der Waals surface area contributed by atoms with Crippen LogP contribution >= 0.6 is 11.8 Å². The lowest BCUT2D eigenvalue weighted by Gasteiger charge is -2.03. The van der Waals surface area contributed by atoms with Gasteiger partial charge in [-0.25, -0.2) is 9.79 Å². The van der Waals surface area contributed by atoms with E-state index in [1.165, 1.54) is 17.3 Å². The van der Waals surface area contributed by atoms with Crippen molar-refractivity contribution in [1.82, 2.24) is 5.32 Å². The van der Waals surface area contributed by atoms with Gasteiger partial charge in [0.1, 0.15) is 5.75 Å². The number of benzene rings is 2. The maximum absolute atomic E-state index is 12.2. The molecule has 1 heterocycles. The summed E-state index contributed by atoms with van der Waals surface area (Å²) >= 11 is 1.26. The molecule has 27 heavy (non-hydrogen) atoms. The Morgan fingerprint density at radius 3 is 2.78 bits per heavy atom. The van der Waals surface area contributed by atoms with Crippen molar-refractivity contribution in [1.29, 1.82) is 0 Å². The van der Waals surface area contributed by atoms with Crippen LogP contribution in [0.15, 0.2) is 52.4 Å². The number of aliphatic carboxylic acids is 1. The van der Waals surface area contributed by atoms with Gasteiger partial charge in [-0.3, -0.25) is 4.79 Å². The Labute approximate surface area is 161 Å². The van der Waals surface area contributed by atoms with Crippen molar-refractivity contribution in [2.45, 2.75) is 13.8 Å². The Kier molecular flexibility index (Phi) is 5.61. The Balaban J connectivity index is 1.77. The highest BCUT2D eigenvalue weighted by Gasteiger charge is 2.23. The second-order valence-corrected chi connectivity index (χ2v) is 7.04. The summed E-state index contributed by atoms with van der Waals surface area (Å²) in [5, 5.41) is 12.0. The van der Waals surface area contributed by atoms with Gasteiger partial charge in [-0.1, -0.05) is 18.2 Å². The highest BCUT2D eigenvalue weighted by molar-refractivity contribution is 8.18. The summed E-state index contributed by atoms with van der Waals surface area (Å²) in [6.07, 6.45) is 1.72. The number of rotatable bonds is 5. The van der Waals surface area contributed by atoms with Gasteiger partial charge in [-0.05, 0) is 72.6 Å². The first-order valence-electron chi connectivity index (χ1n) is 8.22. The van der Waals surface area contributed by atoms with E-state index in [9.17, 15) is 9.59 Å². The molecule has 0 unspecified atom stereocenters. The molecule has 1 amide bonds. The number of carboxylic acids is 1. The summed E-state index contributed by atoms with van der Waals surface area (Å²) in [5.41, 5.74) is 3.85. The number of hydrogen-bond donors (Lipinski definition) is 2. The van der Waals surface area contributed by atoms with Gasteiger partial charge in [0.25, 0.3) is 5.91 Å². The third-order valence-electron chi connectivity index (χ3n) is 3.89. The van der Waals surface area contributed by atoms with Crippen molar-refractivity contribution in [3.63, 3.8) is 0 Å². The predicted octanol–water partition coefficient (Wildman–Crippen LogP) is 3.66. The molecule has 0 aliphatic carbocycles. The quantitative estimate of drug-likeness (QED) is 0.771. The smallest absolute Gasteiger partial charge is 0.341 e. The first-order chi connectivity index (χ1) is 12.9. The van der Waals surface area contributed by atoms with Gasteiger partial charge < -0.3 is 15.2 Å². The molecule has 2 aromatic carbocycles. The third-order valence-corrected chi connectivity index (χ3v) is 4.80. The summed E-state index contributed by atoms with van der Waals surface area (Å²) in [7, 11) is 0. The van der Waals surface area contributed by atoms with Crippen LogP contribution in [-0.2, 0) is 9.59 Å². The second kappa shape index (κ2) is 8.09. The molecule has 0 bridgehead atoms. The molecular weight excluding hydrogens is 364 g/mol. The first kappa shape index (κ1) is 18.7. The van der Waals surface area contributed by atoms with E-state index in [1.54, 1.807) is 24.3 Å². The minimum absolute atomic E-state index is 0.223. The van der Waals surface area contributed by atoms with Gasteiger partial charge in [-0.2, -0.15) is 0 Å². The monoisotopic (exact) mass is 382 g/mol. The van der Waals surface area contributed by atoms with Crippen LogP contribution in [0.2, 0.25) is 0 Å². The number of nitrogens with one attached hydrogen (secondary N) is 1. The zero-order chi connectivity index (χ0) is 19.4. The van der Waals surface area contributed by atoms with E-state index in [2.05, 4.69) is 10.3 Å². The molecule has 1 aliphatic heterocycles. The molecule has 1 fully saturated rings. The van der Waals surface area contributed by atoms with Crippen LogP contribution < -0.4 is 10.1 Å². The molecule has 0 aromatic heterocycles. The molecule has 2 N–H and O–H groups in total. The maximum atomic E-state index is 12.2. The largest absolute Gasteiger partial charge is 0.482 e. The van der Waals surface area contributed by atoms with Crippen LogP contribution in [0.4, 0.5) is 5.69 Å². The Hall–Kier alpha value is -3.06. The first-order valence-corrected chi connectivity index (χ1v) is 9.04. The molecule has 0 saturated carbocycles. The third kappa shape index (κ3) is 4.98. The van der Waals surface area contributed by atoms with Crippen molar-refractivity contribution in [3.05, 3.63) is 64.1 Å². The maximum Gasteiger partial charge on any atom is 0.341 e. The van der Waals surface area contributed by atoms with E-state index in [0.717, 1.165) is 16.8 Å². The molecule has 138 valence electrons. The molecule has 7 heteroatoms. The minimum Gasteiger partial charge on any atom is -0.482 e. The number of carbonyl (C=O) groups excluding carboxylic acids is 1. The van der Waals surface area contributed by atoms with Crippen molar-refractivity contribution in [3.8, 4) is 5.75 Å². The van der Waals surface area contributed by atoms with E-state index in [4.69, 9.17) is 9.84 Å². The standard InChI is InChI=1S/C20H18N2O4S/c1-12-6-7-15(8-13(12)2)21-20-22-19(25)17(27-20)10-14-4-3-5-16(9-14)26-11-18(23)24/h3-10H,11H2,1-2H3,(H,23,24)(H,21,22,25)/b17-10+. The van der Waals surface area contributed by atoms with Gasteiger partial charge in [0, 0.05) is 0 Å². The SMILES string of the molecule is Cc1ccc(N=C2NC(=O)/C(=C\c3cccc(OCC(=O)O)c3)S2)cc1C. The van der Waals surface area contributed by atoms with Gasteiger partial charge >= 0.3 is 5.97 Å². The van der Waals surface area contributed by atoms with E-state index in [1.807, 2.05) is 38.1 Å². The number of carboxylic acid groups (broad SMARTS) is 1. The highest BCUT2D eigenvalue weighted by atomic mass is 32.2. The number of hydrogen-bond acceptors (Lipinski definition) is 5. The van der Waals surface area contributed by atoms with Crippen molar-refractivity contribution in [2.75, 3.05) is 6.61 Å². The van der Waals surface area contributed by atoms with Gasteiger partial charge in [0.05, 0.1) is 10.6 Å². The zero-order valence-corrected chi connectivity index (χ0v) is 15.7. The highest BCUT2D eigenvalue weighted by Crippen LogP contribution is 2.29. The minimum atomic E-state index is -1.04. The predicted molar refractivity (Wildman–Crippen MR) is 106 cm³/mol. The number of nitrogens with zero attached hydrogens (tertiary/aromatic N) is 1. The number of thioether (sulfide) groups is 1. The van der Waals surface area contributed by atoms with E-state index in [-0.39, 0.29) is 5.91 Å². The molecule has 0 radical (unpaired) electrons. The number of amides is 1. The number of carbonyl (C=O) groups is 2. The average Bonchev–Trinajstić information content (AvgIpc) is 2.96. The zero-order valence-electron chi connectivity index (χ0n) is 14.9. The summed E-state index contributed by atoms with van der Waals surface area (Å²) < 4.78 is 5.16. The topological polar surface area (TPSA) is 88.0 Å². The fourth-order valence-electron chi connectivity index (χ4n) is 2.38. The van der Waals surface area contributed by atoms with E-state index < -0.39 is 12.6 Å². The molecule has 0 spiro atoms. The van der Waals surface area contributed by atoms with Crippen molar-refractivity contribution < 1.29 is 19.4 Å². The number of aliphatic imine (C=N–C) groups is 1. The van der Waals surface area contributed by atoms with Crippen LogP contribution in [0.3, 0.4) is 0 Å². The van der Waals surface area contributed by atoms with Crippen LogP contribution in [0.5, 0.6) is 5.75 Å². The number of aryl methyl sites for hydroxylation is 2. The second-order valence-electron chi connectivity index (χ2n) is 6.01. The Morgan fingerprint density at radius 1 is 1.22 bits per heavy atom. The van der Waals surface area contributed by atoms with E-state index >= 15 is 0 Å². The molecule has 0 atom stereocenters. The Morgan fingerprint density at radius 2 is 2.04 bits per heavy atom. The summed E-state index contributed by atoms with van der Waals surface area (Å²) in [6, 6.07) is 12.8. The average molecular weight is 382 g/mol. The fraction of sp³-hybridized carbons (Fsp3) is 0.150. The van der Waals surface area contributed by atoms with Crippen molar-refractivity contribution in [2.24, 2.45) is 4.99 Å². The lowest BCUT2D eigenvalue weighted by atomic mass is 10.1. The lowest BCUT2D eigenvalue weighted by molar-refractivity contribution is -0.139. The van der Waals surface area contributed by atoms with Crippen LogP contribution in [0, 0.1) is 13.8 Å². The molecule has 1 aliphatic rings. The lowest BCUT2D eigenvalue weighted by Crippen LogP contribution is -2.19. The van der Waals surface area contributed by atoms with E-state index in [0.29, 0.717) is 15.8 Å². The van der Waals surface area contributed by atoms with Crippen molar-refractivity contribution >= 4 is 40.6 Å². The number of amidine groups is 1. The van der Waals surface area contributed by atoms with Gasteiger partial charge in [0.15, 0.2) is 11.8 Å². The molecular formula is C20H18N2O4S. The molecule has 2 aromatic rings. The molecule has 3 rings (SSSR count). The Bertz CT molecular complexity index is 966. The number of ether oxygens (including phenoxy) is 1.